The van der Waals surface area contributed by atoms with E-state index in [1.807, 2.05) is 35.2 Å². The Balaban J connectivity index is 1.40. The summed E-state index contributed by atoms with van der Waals surface area (Å²) in [7, 11) is 0. The lowest BCUT2D eigenvalue weighted by Gasteiger charge is -2.32. The fourth-order valence-corrected chi connectivity index (χ4v) is 3.58. The summed E-state index contributed by atoms with van der Waals surface area (Å²) in [5.74, 6) is 0.665. The number of hydrogen-bond donors (Lipinski definition) is 1. The summed E-state index contributed by atoms with van der Waals surface area (Å²) in [5, 5.41) is 3.27. The molecule has 0 radical (unpaired) electrons. The van der Waals surface area contributed by atoms with E-state index in [9.17, 15) is 9.59 Å². The van der Waals surface area contributed by atoms with Crippen molar-refractivity contribution in [3.63, 3.8) is 0 Å². The predicted molar refractivity (Wildman–Crippen MR) is 94.0 cm³/mol. The third-order valence-electron chi connectivity index (χ3n) is 5.13. The second kappa shape index (κ2) is 8.40. The van der Waals surface area contributed by atoms with Gasteiger partial charge in [-0.2, -0.15) is 0 Å². The molecule has 0 bridgehead atoms. The Morgan fingerprint density at radius 3 is 2.33 bits per heavy atom. The molecule has 0 aliphatic carbocycles. The molecule has 1 N–H and O–H groups in total. The lowest BCUT2D eigenvalue weighted by molar-refractivity contribution is -0.132. The van der Waals surface area contributed by atoms with Crippen LogP contribution in [-0.4, -0.2) is 67.3 Å². The molecule has 130 valence electrons. The number of benzene rings is 1. The van der Waals surface area contributed by atoms with E-state index in [1.54, 1.807) is 0 Å². The van der Waals surface area contributed by atoms with Gasteiger partial charge >= 0.3 is 0 Å². The van der Waals surface area contributed by atoms with Gasteiger partial charge in [-0.3, -0.25) is 9.59 Å². The van der Waals surface area contributed by atoms with Crippen LogP contribution in [0.5, 0.6) is 0 Å². The van der Waals surface area contributed by atoms with Gasteiger partial charge in [-0.25, -0.2) is 0 Å². The SMILES string of the molecule is O=C(c1ccccc1)C1CCN(CCC(=O)N2CCNCC2)CC1. The van der Waals surface area contributed by atoms with Gasteiger partial charge in [-0.15, -0.1) is 0 Å². The molecule has 0 spiro atoms. The average molecular weight is 329 g/mol. The van der Waals surface area contributed by atoms with Gasteiger partial charge in [0.15, 0.2) is 5.78 Å². The summed E-state index contributed by atoms with van der Waals surface area (Å²) in [6.07, 6.45) is 2.39. The van der Waals surface area contributed by atoms with E-state index < -0.39 is 0 Å². The number of amides is 1. The lowest BCUT2D eigenvalue weighted by Crippen LogP contribution is -2.47. The Morgan fingerprint density at radius 1 is 1.00 bits per heavy atom. The number of nitrogens with zero attached hydrogens (tertiary/aromatic N) is 2. The molecule has 2 heterocycles. The van der Waals surface area contributed by atoms with Gasteiger partial charge in [0, 0.05) is 50.6 Å². The minimum absolute atomic E-state index is 0.132. The third kappa shape index (κ3) is 4.42. The minimum Gasteiger partial charge on any atom is -0.340 e. The fraction of sp³-hybridized carbons (Fsp3) is 0.579. The number of carbonyl (C=O) groups is 2. The van der Waals surface area contributed by atoms with Crippen LogP contribution in [0.2, 0.25) is 0 Å². The zero-order valence-electron chi connectivity index (χ0n) is 14.2. The Kier molecular flexibility index (Phi) is 5.99. The molecule has 24 heavy (non-hydrogen) atoms. The Hall–Kier alpha value is -1.72. The average Bonchev–Trinajstić information content (AvgIpc) is 2.67. The van der Waals surface area contributed by atoms with Crippen LogP contribution in [0.1, 0.15) is 29.6 Å². The van der Waals surface area contributed by atoms with Crippen LogP contribution in [0.3, 0.4) is 0 Å². The molecule has 1 aromatic carbocycles. The molecule has 1 amide bonds. The van der Waals surface area contributed by atoms with Gasteiger partial charge in [0.2, 0.25) is 5.91 Å². The highest BCUT2D eigenvalue weighted by molar-refractivity contribution is 5.97. The number of nitrogens with one attached hydrogen (secondary N) is 1. The van der Waals surface area contributed by atoms with Crippen molar-refractivity contribution in [2.75, 3.05) is 45.8 Å². The van der Waals surface area contributed by atoms with E-state index in [4.69, 9.17) is 0 Å². The van der Waals surface area contributed by atoms with Gasteiger partial charge in [-0.05, 0) is 25.9 Å². The van der Waals surface area contributed by atoms with Crippen LogP contribution >= 0.6 is 0 Å². The number of piperidine rings is 1. The van der Waals surface area contributed by atoms with E-state index in [0.29, 0.717) is 6.42 Å². The molecule has 0 saturated carbocycles. The maximum absolute atomic E-state index is 12.5. The van der Waals surface area contributed by atoms with Crippen LogP contribution in [0.4, 0.5) is 0 Å². The molecule has 3 rings (SSSR count). The molecule has 0 unspecified atom stereocenters. The van der Waals surface area contributed by atoms with Crippen molar-refractivity contribution < 1.29 is 9.59 Å². The molecule has 0 aromatic heterocycles. The molecule has 2 saturated heterocycles. The number of likely N-dealkylation sites (tertiary alicyclic amines) is 1. The number of rotatable bonds is 5. The van der Waals surface area contributed by atoms with Crippen molar-refractivity contribution in [2.45, 2.75) is 19.3 Å². The van der Waals surface area contributed by atoms with Crippen molar-refractivity contribution in [2.24, 2.45) is 5.92 Å². The highest BCUT2D eigenvalue weighted by atomic mass is 16.2. The Labute approximate surface area is 144 Å². The number of piperazine rings is 1. The van der Waals surface area contributed by atoms with Crippen molar-refractivity contribution in [3.05, 3.63) is 35.9 Å². The summed E-state index contributed by atoms with van der Waals surface area (Å²) in [5.41, 5.74) is 0.824. The van der Waals surface area contributed by atoms with Crippen molar-refractivity contribution in [1.29, 1.82) is 0 Å². The van der Waals surface area contributed by atoms with E-state index in [2.05, 4.69) is 10.2 Å². The first kappa shape index (κ1) is 17.1. The lowest BCUT2D eigenvalue weighted by atomic mass is 9.89. The van der Waals surface area contributed by atoms with Crippen LogP contribution in [0.25, 0.3) is 0 Å². The van der Waals surface area contributed by atoms with Crippen molar-refractivity contribution in [3.8, 4) is 0 Å². The van der Waals surface area contributed by atoms with Crippen molar-refractivity contribution >= 4 is 11.7 Å². The largest absolute Gasteiger partial charge is 0.340 e. The van der Waals surface area contributed by atoms with Gasteiger partial charge in [0.05, 0.1) is 0 Å². The molecular weight excluding hydrogens is 302 g/mol. The van der Waals surface area contributed by atoms with Crippen molar-refractivity contribution in [1.82, 2.24) is 15.1 Å². The number of Topliss-reactive ketones (excluding diaryl/α,β-unsaturated/α-hetero) is 1. The fourth-order valence-electron chi connectivity index (χ4n) is 3.58. The molecule has 2 aliphatic heterocycles. The number of carbonyl (C=O) groups excluding carboxylic acids is 2. The first-order valence-corrected chi connectivity index (χ1v) is 9.04. The summed E-state index contributed by atoms with van der Waals surface area (Å²) >= 11 is 0. The molecule has 2 fully saturated rings. The van der Waals surface area contributed by atoms with Crippen LogP contribution < -0.4 is 5.32 Å². The molecule has 1 aromatic rings. The first-order chi connectivity index (χ1) is 11.7. The smallest absolute Gasteiger partial charge is 0.223 e. The van der Waals surface area contributed by atoms with Gasteiger partial charge in [0.25, 0.3) is 0 Å². The van der Waals surface area contributed by atoms with Gasteiger partial charge < -0.3 is 15.1 Å². The zero-order valence-corrected chi connectivity index (χ0v) is 14.2. The summed E-state index contributed by atoms with van der Waals surface area (Å²) in [6, 6.07) is 9.59. The Bertz CT molecular complexity index is 547. The monoisotopic (exact) mass is 329 g/mol. The normalized spacial score (nSPS) is 20.1. The molecule has 2 aliphatic rings. The van der Waals surface area contributed by atoms with Crippen LogP contribution in [-0.2, 0) is 4.79 Å². The maximum Gasteiger partial charge on any atom is 0.223 e. The van der Waals surface area contributed by atoms with E-state index in [1.165, 1.54) is 0 Å². The summed E-state index contributed by atoms with van der Waals surface area (Å²) in [6.45, 7) is 6.10. The Morgan fingerprint density at radius 2 is 1.67 bits per heavy atom. The molecule has 5 heteroatoms. The number of hydrogen-bond acceptors (Lipinski definition) is 4. The zero-order chi connectivity index (χ0) is 16.8. The minimum atomic E-state index is 0.132. The quantitative estimate of drug-likeness (QED) is 0.830. The van der Waals surface area contributed by atoms with E-state index >= 15 is 0 Å². The van der Waals surface area contributed by atoms with Crippen LogP contribution in [0.15, 0.2) is 30.3 Å². The summed E-state index contributed by atoms with van der Waals surface area (Å²) < 4.78 is 0. The topological polar surface area (TPSA) is 52.7 Å². The van der Waals surface area contributed by atoms with Gasteiger partial charge in [-0.1, -0.05) is 30.3 Å². The van der Waals surface area contributed by atoms with E-state index in [0.717, 1.165) is 64.2 Å². The second-order valence-corrected chi connectivity index (χ2v) is 6.73. The molecule has 0 atom stereocenters. The maximum atomic E-state index is 12.5. The van der Waals surface area contributed by atoms with Crippen LogP contribution in [0, 0.1) is 5.92 Å². The highest BCUT2D eigenvalue weighted by Gasteiger charge is 2.26. The molecular formula is C19H27N3O2. The predicted octanol–water partition coefficient (Wildman–Crippen LogP) is 1.40. The summed E-state index contributed by atoms with van der Waals surface area (Å²) in [4.78, 5) is 29.0. The van der Waals surface area contributed by atoms with E-state index in [-0.39, 0.29) is 17.6 Å². The second-order valence-electron chi connectivity index (χ2n) is 6.73. The third-order valence-corrected chi connectivity index (χ3v) is 5.13. The highest BCUT2D eigenvalue weighted by Crippen LogP contribution is 2.22. The first-order valence-electron chi connectivity index (χ1n) is 9.04. The number of ketones is 1. The standard InChI is InChI=1S/C19H27N3O2/c23-18(22-14-9-20-10-15-22)8-13-21-11-6-17(7-12-21)19(24)16-4-2-1-3-5-16/h1-5,17,20H,6-15H2. The molecule has 5 nitrogen and oxygen atoms in total. The van der Waals surface area contributed by atoms with Gasteiger partial charge in [0.1, 0.15) is 0 Å².